The first-order chi connectivity index (χ1) is 9.80. The number of hydrogen-bond donors (Lipinski definition) is 1. The van der Waals surface area contributed by atoms with E-state index in [2.05, 4.69) is 64.1 Å². The van der Waals surface area contributed by atoms with E-state index in [1.165, 1.54) is 27.8 Å². The lowest BCUT2D eigenvalue weighted by Crippen LogP contribution is -2.19. The topological polar surface area (TPSA) is 20.2 Å². The molecule has 1 N–H and O–H groups in total. The molecule has 0 radical (unpaired) electrons. The zero-order chi connectivity index (χ0) is 15.6. The van der Waals surface area contributed by atoms with Crippen molar-refractivity contribution in [2.45, 2.75) is 52.6 Å². The highest BCUT2D eigenvalue weighted by atomic mass is 16.3. The average molecular weight is 282 g/mol. The second-order valence-corrected chi connectivity index (χ2v) is 6.95. The van der Waals surface area contributed by atoms with Gasteiger partial charge in [-0.3, -0.25) is 0 Å². The summed E-state index contributed by atoms with van der Waals surface area (Å²) in [6, 6.07) is 14.9. The third kappa shape index (κ3) is 3.54. The zero-order valence-electron chi connectivity index (χ0n) is 13.8. The van der Waals surface area contributed by atoms with Gasteiger partial charge in [-0.05, 0) is 53.5 Å². The predicted molar refractivity (Wildman–Crippen MR) is 90.7 cm³/mol. The van der Waals surface area contributed by atoms with Crippen LogP contribution < -0.4 is 0 Å². The van der Waals surface area contributed by atoms with Crippen molar-refractivity contribution in [2.75, 3.05) is 0 Å². The molecular formula is C20H26O. The van der Waals surface area contributed by atoms with Crippen molar-refractivity contribution in [1.82, 2.24) is 0 Å². The van der Waals surface area contributed by atoms with Crippen LogP contribution in [-0.4, -0.2) is 11.2 Å². The molecule has 21 heavy (non-hydrogen) atoms. The Kier molecular flexibility index (Phi) is 4.53. The highest BCUT2D eigenvalue weighted by Gasteiger charge is 2.23. The molecule has 0 fully saturated rings. The number of aryl methyl sites for hydroxylation is 1. The van der Waals surface area contributed by atoms with Crippen LogP contribution >= 0.6 is 0 Å². The molecule has 0 saturated carbocycles. The van der Waals surface area contributed by atoms with Gasteiger partial charge in [0, 0.05) is 0 Å². The van der Waals surface area contributed by atoms with Gasteiger partial charge in [0.1, 0.15) is 0 Å². The molecule has 2 rings (SSSR count). The largest absolute Gasteiger partial charge is 0.393 e. The molecule has 2 aromatic carbocycles. The Labute approximate surface area is 128 Å². The van der Waals surface area contributed by atoms with E-state index in [1.54, 1.807) is 0 Å². The first-order valence-electron chi connectivity index (χ1n) is 7.67. The molecule has 1 nitrogen and oxygen atoms in total. The molecular weight excluding hydrogens is 256 g/mol. The van der Waals surface area contributed by atoms with E-state index in [1.807, 2.05) is 13.0 Å². The smallest absolute Gasteiger partial charge is 0.0552 e. The number of rotatable bonds is 3. The molecule has 0 aliphatic carbocycles. The van der Waals surface area contributed by atoms with E-state index in [0.29, 0.717) is 6.42 Å². The first-order valence-corrected chi connectivity index (χ1v) is 7.67. The Morgan fingerprint density at radius 3 is 2.14 bits per heavy atom. The molecule has 1 atom stereocenters. The number of hydrogen-bond acceptors (Lipinski definition) is 1. The molecule has 0 bridgehead atoms. The van der Waals surface area contributed by atoms with Crippen LogP contribution in [-0.2, 0) is 11.8 Å². The normalized spacial score (nSPS) is 13.2. The van der Waals surface area contributed by atoms with Gasteiger partial charge in [-0.2, -0.15) is 0 Å². The van der Waals surface area contributed by atoms with E-state index in [0.717, 1.165) is 0 Å². The van der Waals surface area contributed by atoms with Gasteiger partial charge in [-0.25, -0.2) is 0 Å². The van der Waals surface area contributed by atoms with Crippen LogP contribution in [0.3, 0.4) is 0 Å². The van der Waals surface area contributed by atoms with Crippen molar-refractivity contribution in [3.05, 3.63) is 59.2 Å². The summed E-state index contributed by atoms with van der Waals surface area (Å²) in [5.41, 5.74) is 6.48. The summed E-state index contributed by atoms with van der Waals surface area (Å²) in [7, 11) is 0. The van der Waals surface area contributed by atoms with Crippen LogP contribution in [0.4, 0.5) is 0 Å². The van der Waals surface area contributed by atoms with Gasteiger partial charge in [0.05, 0.1) is 6.10 Å². The summed E-state index contributed by atoms with van der Waals surface area (Å²) < 4.78 is 0. The fourth-order valence-electron chi connectivity index (χ4n) is 3.20. The Morgan fingerprint density at radius 1 is 1.00 bits per heavy atom. The fraction of sp³-hybridized carbons (Fsp3) is 0.400. The Hall–Kier alpha value is -1.60. The van der Waals surface area contributed by atoms with Gasteiger partial charge in [-0.15, -0.1) is 0 Å². The molecule has 1 heteroatoms. The van der Waals surface area contributed by atoms with E-state index in [4.69, 9.17) is 0 Å². The van der Waals surface area contributed by atoms with Gasteiger partial charge in [0.15, 0.2) is 0 Å². The molecule has 0 aliphatic heterocycles. The minimum atomic E-state index is -0.338. The summed E-state index contributed by atoms with van der Waals surface area (Å²) in [5.74, 6) is 0. The Balaban J connectivity index is 2.71. The zero-order valence-corrected chi connectivity index (χ0v) is 13.8. The average Bonchev–Trinajstić information content (AvgIpc) is 2.37. The molecule has 0 aliphatic rings. The number of aliphatic hydroxyl groups is 1. The third-order valence-corrected chi connectivity index (χ3v) is 3.86. The highest BCUT2D eigenvalue weighted by molar-refractivity contribution is 5.70. The maximum absolute atomic E-state index is 9.96. The standard InChI is InChI=1S/C20H26O/c1-14-11-12-17(16-9-7-6-8-10-16)18(13-15(2)21)19(14)20(3,4)5/h6-12,15,21H,13H2,1-5H3. The van der Waals surface area contributed by atoms with Crippen LogP contribution in [0, 0.1) is 6.92 Å². The summed E-state index contributed by atoms with van der Waals surface area (Å²) >= 11 is 0. The molecule has 0 aromatic heterocycles. The quantitative estimate of drug-likeness (QED) is 0.850. The lowest BCUT2D eigenvalue weighted by atomic mass is 9.77. The third-order valence-electron chi connectivity index (χ3n) is 3.86. The van der Waals surface area contributed by atoms with Crippen LogP contribution in [0.5, 0.6) is 0 Å². The van der Waals surface area contributed by atoms with Gasteiger partial charge < -0.3 is 5.11 Å². The molecule has 2 aromatic rings. The number of aliphatic hydroxyl groups excluding tert-OH is 1. The number of benzene rings is 2. The van der Waals surface area contributed by atoms with Crippen LogP contribution in [0.1, 0.15) is 44.4 Å². The van der Waals surface area contributed by atoms with Crippen LogP contribution in [0.15, 0.2) is 42.5 Å². The van der Waals surface area contributed by atoms with Crippen molar-refractivity contribution >= 4 is 0 Å². The molecule has 112 valence electrons. The molecule has 0 heterocycles. The SMILES string of the molecule is Cc1ccc(-c2ccccc2)c(CC(C)O)c1C(C)(C)C. The molecule has 0 amide bonds. The summed E-state index contributed by atoms with van der Waals surface area (Å²) in [6.07, 6.45) is 0.355. The minimum Gasteiger partial charge on any atom is -0.393 e. The van der Waals surface area contributed by atoms with Crippen molar-refractivity contribution in [1.29, 1.82) is 0 Å². The second-order valence-electron chi connectivity index (χ2n) is 6.95. The first kappa shape index (κ1) is 15.8. The van der Waals surface area contributed by atoms with Crippen LogP contribution in [0.25, 0.3) is 11.1 Å². The van der Waals surface area contributed by atoms with Crippen molar-refractivity contribution < 1.29 is 5.11 Å². The maximum Gasteiger partial charge on any atom is 0.0552 e. The van der Waals surface area contributed by atoms with Crippen LogP contribution in [0.2, 0.25) is 0 Å². The van der Waals surface area contributed by atoms with Gasteiger partial charge in [0.25, 0.3) is 0 Å². The lowest BCUT2D eigenvalue weighted by molar-refractivity contribution is 0.195. The fourth-order valence-corrected chi connectivity index (χ4v) is 3.20. The van der Waals surface area contributed by atoms with E-state index in [-0.39, 0.29) is 11.5 Å². The van der Waals surface area contributed by atoms with Crippen molar-refractivity contribution in [2.24, 2.45) is 0 Å². The van der Waals surface area contributed by atoms with Crippen molar-refractivity contribution in [3.63, 3.8) is 0 Å². The van der Waals surface area contributed by atoms with E-state index >= 15 is 0 Å². The molecule has 0 spiro atoms. The lowest BCUT2D eigenvalue weighted by Gasteiger charge is -2.28. The molecule has 1 unspecified atom stereocenters. The minimum absolute atomic E-state index is 0.0685. The monoisotopic (exact) mass is 282 g/mol. The van der Waals surface area contributed by atoms with Crippen molar-refractivity contribution in [3.8, 4) is 11.1 Å². The Bertz CT molecular complexity index is 604. The second kappa shape index (κ2) is 6.03. The molecule has 0 saturated heterocycles. The Morgan fingerprint density at radius 2 is 1.62 bits per heavy atom. The van der Waals surface area contributed by atoms with E-state index in [9.17, 15) is 5.11 Å². The summed E-state index contributed by atoms with van der Waals surface area (Å²) in [6.45, 7) is 10.8. The van der Waals surface area contributed by atoms with Gasteiger partial charge in [-0.1, -0.05) is 63.2 Å². The van der Waals surface area contributed by atoms with Gasteiger partial charge >= 0.3 is 0 Å². The summed E-state index contributed by atoms with van der Waals surface area (Å²) in [4.78, 5) is 0. The predicted octanol–water partition coefficient (Wildman–Crippen LogP) is 4.88. The summed E-state index contributed by atoms with van der Waals surface area (Å²) in [5, 5.41) is 9.96. The highest BCUT2D eigenvalue weighted by Crippen LogP contribution is 2.36. The maximum atomic E-state index is 9.96. The van der Waals surface area contributed by atoms with E-state index < -0.39 is 0 Å². The van der Waals surface area contributed by atoms with Gasteiger partial charge in [0.2, 0.25) is 0 Å².